The zero-order valence-corrected chi connectivity index (χ0v) is 17.6. The third-order valence-corrected chi connectivity index (χ3v) is 6.29. The summed E-state index contributed by atoms with van der Waals surface area (Å²) in [5.74, 6) is 0. The first-order valence-electron chi connectivity index (χ1n) is 9.45. The molecule has 5 nitrogen and oxygen atoms in total. The average Bonchev–Trinajstić information content (AvgIpc) is 3.02. The van der Waals surface area contributed by atoms with Crippen LogP contribution in [0.25, 0.3) is 10.9 Å². The molecular weight excluding hydrogens is 354 g/mol. The Hall–Kier alpha value is -2.02. The van der Waals surface area contributed by atoms with Crippen LogP contribution >= 0.6 is 0 Å². The largest absolute Gasteiger partial charge is 0.386 e. The van der Waals surface area contributed by atoms with E-state index < -0.39 is 14.2 Å². The molecule has 0 spiro atoms. The van der Waals surface area contributed by atoms with Gasteiger partial charge in [-0.3, -0.25) is 4.98 Å². The molecule has 2 heterocycles. The Morgan fingerprint density at radius 1 is 1.22 bits per heavy atom. The summed E-state index contributed by atoms with van der Waals surface area (Å²) < 4.78 is 7.67. The highest BCUT2D eigenvalue weighted by Gasteiger charge is 2.14. The van der Waals surface area contributed by atoms with E-state index in [9.17, 15) is 5.11 Å². The number of fused-ring (bicyclic) bond motifs is 1. The maximum absolute atomic E-state index is 10.5. The van der Waals surface area contributed by atoms with Crippen LogP contribution in [0.15, 0.2) is 42.7 Å². The number of aryl methyl sites for hydroxylation is 1. The second-order valence-electron chi connectivity index (χ2n) is 8.34. The molecule has 0 bridgehead atoms. The molecule has 27 heavy (non-hydrogen) atoms. The number of ether oxygens (including phenoxy) is 1. The van der Waals surface area contributed by atoms with Gasteiger partial charge in [-0.2, -0.15) is 5.10 Å². The second-order valence-corrected chi connectivity index (χ2v) is 14.0. The Bertz CT molecular complexity index is 888. The lowest BCUT2D eigenvalue weighted by Crippen LogP contribution is -2.22. The number of pyridine rings is 1. The lowest BCUT2D eigenvalue weighted by atomic mass is 10.0. The van der Waals surface area contributed by atoms with Gasteiger partial charge in [0.05, 0.1) is 17.3 Å². The molecule has 0 aliphatic rings. The minimum absolute atomic E-state index is 0.477. The zero-order valence-electron chi connectivity index (χ0n) is 16.6. The maximum Gasteiger partial charge on any atom is 0.139 e. The smallest absolute Gasteiger partial charge is 0.139 e. The Kier molecular flexibility index (Phi) is 6.09. The molecular formula is C21H29N3O2Si. The van der Waals surface area contributed by atoms with E-state index in [4.69, 9.17) is 4.74 Å². The van der Waals surface area contributed by atoms with Crippen molar-refractivity contribution >= 4 is 19.0 Å². The maximum atomic E-state index is 10.5. The van der Waals surface area contributed by atoms with Crippen molar-refractivity contribution in [1.82, 2.24) is 14.8 Å². The first-order chi connectivity index (χ1) is 12.8. The second kappa shape index (κ2) is 8.33. The molecule has 1 N–H and O–H groups in total. The van der Waals surface area contributed by atoms with E-state index in [0.29, 0.717) is 18.8 Å². The van der Waals surface area contributed by atoms with Gasteiger partial charge in [-0.25, -0.2) is 4.68 Å². The number of rotatable bonds is 8. The van der Waals surface area contributed by atoms with E-state index in [0.717, 1.165) is 34.7 Å². The molecule has 1 atom stereocenters. The predicted molar refractivity (Wildman–Crippen MR) is 111 cm³/mol. The monoisotopic (exact) mass is 383 g/mol. The van der Waals surface area contributed by atoms with Crippen LogP contribution in [-0.4, -0.2) is 34.6 Å². The van der Waals surface area contributed by atoms with Gasteiger partial charge < -0.3 is 9.84 Å². The van der Waals surface area contributed by atoms with Crippen LogP contribution in [-0.2, 0) is 17.9 Å². The van der Waals surface area contributed by atoms with Crippen LogP contribution in [0.3, 0.4) is 0 Å². The summed E-state index contributed by atoms with van der Waals surface area (Å²) in [6, 6.07) is 10.9. The third kappa shape index (κ3) is 5.48. The van der Waals surface area contributed by atoms with Crippen molar-refractivity contribution in [2.45, 2.75) is 51.9 Å². The molecule has 0 aliphatic heterocycles. The number of benzene rings is 1. The fraction of sp³-hybridized carbons (Fsp3) is 0.429. The Labute approximate surface area is 162 Å². The van der Waals surface area contributed by atoms with Gasteiger partial charge in [0, 0.05) is 38.9 Å². The van der Waals surface area contributed by atoms with Crippen LogP contribution in [0.2, 0.25) is 25.7 Å². The van der Waals surface area contributed by atoms with E-state index in [-0.39, 0.29) is 0 Å². The van der Waals surface area contributed by atoms with Crippen molar-refractivity contribution in [3.63, 3.8) is 0 Å². The highest BCUT2D eigenvalue weighted by Crippen LogP contribution is 2.23. The molecule has 0 aliphatic carbocycles. The van der Waals surface area contributed by atoms with Gasteiger partial charge in [0.1, 0.15) is 6.73 Å². The molecule has 144 valence electrons. The lowest BCUT2D eigenvalue weighted by Gasteiger charge is -2.15. The van der Waals surface area contributed by atoms with E-state index >= 15 is 0 Å². The molecule has 0 saturated carbocycles. The summed E-state index contributed by atoms with van der Waals surface area (Å²) in [6.45, 7) is 10.4. The van der Waals surface area contributed by atoms with Crippen molar-refractivity contribution in [2.24, 2.45) is 0 Å². The van der Waals surface area contributed by atoms with E-state index in [1.165, 1.54) is 0 Å². The number of aliphatic hydroxyl groups excluding tert-OH is 1. The van der Waals surface area contributed by atoms with Gasteiger partial charge >= 0.3 is 0 Å². The van der Waals surface area contributed by atoms with Crippen molar-refractivity contribution in [3.05, 3.63) is 59.5 Å². The molecule has 2 aromatic heterocycles. The minimum Gasteiger partial charge on any atom is -0.386 e. The number of nitrogens with zero attached hydrogens (tertiary/aromatic N) is 3. The highest BCUT2D eigenvalue weighted by atomic mass is 28.3. The highest BCUT2D eigenvalue weighted by molar-refractivity contribution is 6.76. The fourth-order valence-corrected chi connectivity index (χ4v) is 3.81. The molecule has 3 rings (SSSR count). The summed E-state index contributed by atoms with van der Waals surface area (Å²) in [4.78, 5) is 4.24. The summed E-state index contributed by atoms with van der Waals surface area (Å²) in [7, 11) is -1.07. The van der Waals surface area contributed by atoms with E-state index in [1.54, 1.807) is 6.20 Å². The van der Waals surface area contributed by atoms with Crippen molar-refractivity contribution in [2.75, 3.05) is 6.61 Å². The van der Waals surface area contributed by atoms with Gasteiger partial charge in [-0.05, 0) is 42.3 Å². The van der Waals surface area contributed by atoms with Crippen molar-refractivity contribution < 1.29 is 9.84 Å². The summed E-state index contributed by atoms with van der Waals surface area (Å²) in [6.07, 6.45) is 3.65. The van der Waals surface area contributed by atoms with Gasteiger partial charge in [-0.1, -0.05) is 31.8 Å². The van der Waals surface area contributed by atoms with E-state index in [2.05, 4.69) is 48.8 Å². The normalized spacial score (nSPS) is 13.2. The number of aliphatic hydroxyl groups is 1. The van der Waals surface area contributed by atoms with Gasteiger partial charge in [0.2, 0.25) is 0 Å². The Balaban J connectivity index is 1.69. The van der Waals surface area contributed by atoms with Crippen molar-refractivity contribution in [1.29, 1.82) is 0 Å². The van der Waals surface area contributed by atoms with E-state index in [1.807, 2.05) is 29.1 Å². The topological polar surface area (TPSA) is 60.2 Å². The first-order valence-corrected chi connectivity index (χ1v) is 13.2. The Morgan fingerprint density at radius 3 is 2.74 bits per heavy atom. The summed E-state index contributed by atoms with van der Waals surface area (Å²) in [5, 5.41) is 16.2. The molecule has 0 saturated heterocycles. The molecule has 0 fully saturated rings. The fourth-order valence-electron chi connectivity index (χ4n) is 3.06. The molecule has 0 radical (unpaired) electrons. The van der Waals surface area contributed by atoms with Crippen LogP contribution in [0.1, 0.15) is 22.9 Å². The number of hydrogen-bond donors (Lipinski definition) is 1. The summed E-state index contributed by atoms with van der Waals surface area (Å²) >= 11 is 0. The van der Waals surface area contributed by atoms with Crippen molar-refractivity contribution in [3.8, 4) is 0 Å². The predicted octanol–water partition coefficient (Wildman–Crippen LogP) is 4.33. The molecule has 0 amide bonds. The van der Waals surface area contributed by atoms with Gasteiger partial charge in [-0.15, -0.1) is 0 Å². The minimum atomic E-state index is -1.07. The SMILES string of the molecule is Cc1cc(CC(O)c2ccccn2)cc2cn(COCC[Si](C)(C)C)nc12. The van der Waals surface area contributed by atoms with Crippen LogP contribution in [0.5, 0.6) is 0 Å². The molecule has 6 heteroatoms. The molecule has 1 unspecified atom stereocenters. The quantitative estimate of drug-likeness (QED) is 0.465. The average molecular weight is 384 g/mol. The van der Waals surface area contributed by atoms with Crippen LogP contribution in [0, 0.1) is 6.92 Å². The molecule has 1 aromatic carbocycles. The van der Waals surface area contributed by atoms with Crippen LogP contribution in [0.4, 0.5) is 0 Å². The Morgan fingerprint density at radius 2 is 2.04 bits per heavy atom. The standard InChI is InChI=1S/C21H29N3O2Si/c1-16-11-17(13-20(25)19-7-5-6-8-22-19)12-18-14-24(23-21(16)18)15-26-9-10-27(2,3)4/h5-8,11-12,14,20,25H,9-10,13,15H2,1-4H3. The third-order valence-electron chi connectivity index (χ3n) is 4.58. The first kappa shape index (κ1) is 19.7. The number of hydrogen-bond acceptors (Lipinski definition) is 4. The van der Waals surface area contributed by atoms with Crippen LogP contribution < -0.4 is 0 Å². The van der Waals surface area contributed by atoms with Gasteiger partial charge in [0.15, 0.2) is 0 Å². The summed E-state index contributed by atoms with van der Waals surface area (Å²) in [5.41, 5.74) is 3.87. The van der Waals surface area contributed by atoms with Gasteiger partial charge in [0.25, 0.3) is 0 Å². The lowest BCUT2D eigenvalue weighted by molar-refractivity contribution is 0.0791. The molecule has 3 aromatic rings. The zero-order chi connectivity index (χ0) is 19.4. The number of aromatic nitrogens is 3.